The van der Waals surface area contributed by atoms with E-state index in [9.17, 15) is 8.42 Å². The van der Waals surface area contributed by atoms with Crippen LogP contribution < -0.4 is 0 Å². The van der Waals surface area contributed by atoms with E-state index in [0.29, 0.717) is 0 Å². The van der Waals surface area contributed by atoms with Gasteiger partial charge in [-0.1, -0.05) is 30.3 Å². The fourth-order valence-corrected chi connectivity index (χ4v) is 4.55. The molecule has 0 saturated carbocycles. The minimum absolute atomic E-state index is 0.0390. The molecule has 0 unspecified atom stereocenters. The van der Waals surface area contributed by atoms with E-state index in [-0.39, 0.29) is 22.8 Å². The molecular weight excluding hydrogens is 220 g/mol. The molecule has 76 valence electrons. The van der Waals surface area contributed by atoms with Crippen LogP contribution in [0.15, 0.2) is 30.3 Å². The van der Waals surface area contributed by atoms with Crippen molar-refractivity contribution in [3.8, 4) is 0 Å². The van der Waals surface area contributed by atoms with Crippen LogP contribution in [0.4, 0.5) is 0 Å². The molecule has 1 aliphatic rings. The zero-order chi connectivity index (χ0) is 10.2. The van der Waals surface area contributed by atoms with E-state index in [4.69, 9.17) is 11.6 Å². The summed E-state index contributed by atoms with van der Waals surface area (Å²) in [5.41, 5.74) is 1.02. The monoisotopic (exact) mass is 230 g/mol. The first-order chi connectivity index (χ1) is 6.58. The van der Waals surface area contributed by atoms with E-state index in [1.807, 2.05) is 30.3 Å². The summed E-state index contributed by atoms with van der Waals surface area (Å²) < 4.78 is 22.7. The minimum atomic E-state index is -2.92. The molecule has 0 radical (unpaired) electrons. The fraction of sp³-hybridized carbons (Fsp3) is 0.400. The van der Waals surface area contributed by atoms with Gasteiger partial charge in [-0.25, -0.2) is 8.42 Å². The lowest BCUT2D eigenvalue weighted by Gasteiger charge is -2.11. The summed E-state index contributed by atoms with van der Waals surface area (Å²) in [7, 11) is -2.92. The van der Waals surface area contributed by atoms with Gasteiger partial charge in [-0.3, -0.25) is 0 Å². The van der Waals surface area contributed by atoms with Crippen LogP contribution >= 0.6 is 11.6 Å². The van der Waals surface area contributed by atoms with Gasteiger partial charge in [-0.05, 0) is 5.56 Å². The number of halogens is 1. The molecule has 0 spiro atoms. The van der Waals surface area contributed by atoms with Gasteiger partial charge in [-0.15, -0.1) is 11.6 Å². The third-order valence-corrected chi connectivity index (χ3v) is 4.89. The number of benzene rings is 1. The molecule has 1 fully saturated rings. The van der Waals surface area contributed by atoms with E-state index in [1.54, 1.807) is 0 Å². The maximum atomic E-state index is 11.3. The molecule has 1 aromatic carbocycles. The first-order valence-electron chi connectivity index (χ1n) is 4.48. The van der Waals surface area contributed by atoms with E-state index in [1.165, 1.54) is 0 Å². The van der Waals surface area contributed by atoms with Gasteiger partial charge in [-0.2, -0.15) is 0 Å². The predicted octanol–water partition coefficient (Wildman–Crippen LogP) is 1.81. The van der Waals surface area contributed by atoms with E-state index < -0.39 is 9.84 Å². The molecule has 2 rings (SSSR count). The lowest BCUT2D eigenvalue weighted by Crippen LogP contribution is -2.09. The van der Waals surface area contributed by atoms with Crippen LogP contribution in [0.2, 0.25) is 0 Å². The average Bonchev–Trinajstić information content (AvgIpc) is 2.41. The lowest BCUT2D eigenvalue weighted by atomic mass is 9.99. The third kappa shape index (κ3) is 1.93. The van der Waals surface area contributed by atoms with E-state index in [0.717, 1.165) is 5.56 Å². The standard InChI is InChI=1S/C10H11ClO2S/c11-10-7-14(12,13)6-9(10)8-4-2-1-3-5-8/h1-5,9-10H,6-7H2/t9-,10+/m1/s1. The van der Waals surface area contributed by atoms with E-state index in [2.05, 4.69) is 0 Å². The van der Waals surface area contributed by atoms with Gasteiger partial charge in [0.25, 0.3) is 0 Å². The quantitative estimate of drug-likeness (QED) is 0.690. The van der Waals surface area contributed by atoms with Gasteiger partial charge in [0.15, 0.2) is 9.84 Å². The summed E-state index contributed by atoms with van der Waals surface area (Å²) in [5.74, 6) is 0.252. The van der Waals surface area contributed by atoms with Crippen molar-refractivity contribution in [1.29, 1.82) is 0 Å². The molecule has 0 bridgehead atoms. The molecule has 14 heavy (non-hydrogen) atoms. The molecule has 2 atom stereocenters. The van der Waals surface area contributed by atoms with Gasteiger partial charge >= 0.3 is 0 Å². The summed E-state index contributed by atoms with van der Waals surface area (Å²) in [4.78, 5) is 0. The zero-order valence-corrected chi connectivity index (χ0v) is 9.13. The van der Waals surface area contributed by atoms with Crippen molar-refractivity contribution in [3.63, 3.8) is 0 Å². The highest BCUT2D eigenvalue weighted by molar-refractivity contribution is 7.91. The number of rotatable bonds is 1. The van der Waals surface area contributed by atoms with Crippen LogP contribution in [0.5, 0.6) is 0 Å². The van der Waals surface area contributed by atoms with Crippen LogP contribution in [-0.4, -0.2) is 25.3 Å². The topological polar surface area (TPSA) is 34.1 Å². The van der Waals surface area contributed by atoms with Gasteiger partial charge in [0, 0.05) is 5.92 Å². The van der Waals surface area contributed by atoms with Gasteiger partial charge in [0.2, 0.25) is 0 Å². The van der Waals surface area contributed by atoms with Crippen molar-refractivity contribution >= 4 is 21.4 Å². The summed E-state index contributed by atoms with van der Waals surface area (Å²) >= 11 is 6.02. The fourth-order valence-electron chi connectivity index (χ4n) is 1.81. The van der Waals surface area contributed by atoms with Gasteiger partial charge < -0.3 is 0 Å². The minimum Gasteiger partial charge on any atom is -0.229 e. The maximum Gasteiger partial charge on any atom is 0.152 e. The second kappa shape index (κ2) is 3.55. The van der Waals surface area contributed by atoms with Crippen molar-refractivity contribution < 1.29 is 8.42 Å². The Kier molecular flexibility index (Phi) is 2.54. The Balaban J connectivity index is 2.30. The molecule has 0 aromatic heterocycles. The Hall–Kier alpha value is -0.540. The Morgan fingerprint density at radius 2 is 1.79 bits per heavy atom. The number of hydrogen-bond acceptors (Lipinski definition) is 2. The summed E-state index contributed by atoms with van der Waals surface area (Å²) in [6, 6.07) is 9.59. The van der Waals surface area contributed by atoms with Crippen molar-refractivity contribution in [2.75, 3.05) is 11.5 Å². The van der Waals surface area contributed by atoms with E-state index >= 15 is 0 Å². The first kappa shape index (κ1) is 9.99. The zero-order valence-electron chi connectivity index (χ0n) is 7.56. The first-order valence-corrected chi connectivity index (χ1v) is 6.74. The molecule has 0 aliphatic carbocycles. The second-order valence-corrected chi connectivity index (χ2v) is 6.32. The third-order valence-electron chi connectivity index (χ3n) is 2.51. The molecule has 4 heteroatoms. The lowest BCUT2D eigenvalue weighted by molar-refractivity contribution is 0.601. The Labute approximate surface area is 88.8 Å². The Bertz CT molecular complexity index is 413. The normalized spacial score (nSPS) is 30.4. The van der Waals surface area contributed by atoms with Crippen molar-refractivity contribution in [3.05, 3.63) is 35.9 Å². The highest BCUT2D eigenvalue weighted by Gasteiger charge is 2.36. The average molecular weight is 231 g/mol. The summed E-state index contributed by atoms with van der Waals surface area (Å²) in [6.07, 6.45) is 0. The predicted molar refractivity (Wildman–Crippen MR) is 57.5 cm³/mol. The Morgan fingerprint density at radius 1 is 1.14 bits per heavy atom. The molecule has 1 saturated heterocycles. The molecule has 2 nitrogen and oxygen atoms in total. The van der Waals surface area contributed by atoms with Crippen LogP contribution in [-0.2, 0) is 9.84 Å². The molecule has 1 heterocycles. The van der Waals surface area contributed by atoms with Crippen molar-refractivity contribution in [2.24, 2.45) is 0 Å². The summed E-state index contributed by atoms with van der Waals surface area (Å²) in [5, 5.41) is -0.276. The number of sulfone groups is 1. The molecule has 1 aromatic rings. The summed E-state index contributed by atoms with van der Waals surface area (Å²) in [6.45, 7) is 0. The van der Waals surface area contributed by atoms with Crippen LogP contribution in [0.3, 0.4) is 0 Å². The van der Waals surface area contributed by atoms with Crippen LogP contribution in [0.25, 0.3) is 0 Å². The largest absolute Gasteiger partial charge is 0.229 e. The van der Waals surface area contributed by atoms with Crippen LogP contribution in [0, 0.1) is 0 Å². The van der Waals surface area contributed by atoms with Crippen molar-refractivity contribution in [2.45, 2.75) is 11.3 Å². The number of hydrogen-bond donors (Lipinski definition) is 0. The molecule has 0 amide bonds. The van der Waals surface area contributed by atoms with Gasteiger partial charge in [0.1, 0.15) is 0 Å². The van der Waals surface area contributed by atoms with Crippen molar-refractivity contribution in [1.82, 2.24) is 0 Å². The van der Waals surface area contributed by atoms with Crippen LogP contribution in [0.1, 0.15) is 11.5 Å². The number of alkyl halides is 1. The molecule has 1 aliphatic heterocycles. The highest BCUT2D eigenvalue weighted by Crippen LogP contribution is 2.32. The molecular formula is C10H11ClO2S. The Morgan fingerprint density at radius 3 is 2.29 bits per heavy atom. The maximum absolute atomic E-state index is 11.3. The van der Waals surface area contributed by atoms with Gasteiger partial charge in [0.05, 0.1) is 16.9 Å². The highest BCUT2D eigenvalue weighted by atomic mass is 35.5. The smallest absolute Gasteiger partial charge is 0.152 e. The molecule has 0 N–H and O–H groups in total. The second-order valence-electron chi connectivity index (χ2n) is 3.61. The SMILES string of the molecule is O=S1(=O)C[C@H](c2ccccc2)[C@@H](Cl)C1.